The number of fused-ring (bicyclic) bond motifs is 1. The van der Waals surface area contributed by atoms with Crippen LogP contribution in [0.5, 0.6) is 0 Å². The van der Waals surface area contributed by atoms with Gasteiger partial charge >= 0.3 is 0 Å². The number of carbonyl (C=O) groups is 1. The summed E-state index contributed by atoms with van der Waals surface area (Å²) < 4.78 is 5.74. The number of pyridine rings is 1. The van der Waals surface area contributed by atoms with Crippen LogP contribution in [0.2, 0.25) is 0 Å². The summed E-state index contributed by atoms with van der Waals surface area (Å²) in [5, 5.41) is 9.36. The number of hydrogen-bond acceptors (Lipinski definition) is 6. The molecule has 1 atom stereocenters. The average Bonchev–Trinajstić information content (AvgIpc) is 3.28. The van der Waals surface area contributed by atoms with Crippen LogP contribution < -0.4 is 0 Å². The van der Waals surface area contributed by atoms with E-state index < -0.39 is 0 Å². The van der Waals surface area contributed by atoms with Gasteiger partial charge in [-0.1, -0.05) is 11.4 Å². The molecular weight excluding hydrogens is 336 g/mol. The Hall–Kier alpha value is -2.35. The van der Waals surface area contributed by atoms with Crippen molar-refractivity contribution < 1.29 is 4.79 Å². The van der Waals surface area contributed by atoms with Crippen molar-refractivity contribution >= 4 is 28.5 Å². The number of amides is 1. The first kappa shape index (κ1) is 16.1. The van der Waals surface area contributed by atoms with E-state index in [4.69, 9.17) is 4.98 Å². The van der Waals surface area contributed by atoms with Crippen molar-refractivity contribution in [1.29, 1.82) is 0 Å². The van der Waals surface area contributed by atoms with Gasteiger partial charge < -0.3 is 4.90 Å². The molecule has 4 rings (SSSR count). The lowest BCUT2D eigenvalue weighted by molar-refractivity contribution is 0.0709. The third-order valence-corrected chi connectivity index (χ3v) is 5.57. The number of aryl methyl sites for hydroxylation is 2. The Morgan fingerprint density at radius 2 is 2.28 bits per heavy atom. The summed E-state index contributed by atoms with van der Waals surface area (Å²) >= 11 is 1.20. The SMILES string of the molecule is CCc1nnsc1C(=O)N1CCCC(c2ccc3cnn(C)c3n2)C1. The van der Waals surface area contributed by atoms with Gasteiger partial charge in [-0.25, -0.2) is 4.98 Å². The second-order valence-electron chi connectivity index (χ2n) is 6.41. The third-order valence-electron chi connectivity index (χ3n) is 4.82. The van der Waals surface area contributed by atoms with Gasteiger partial charge in [0.1, 0.15) is 4.88 Å². The summed E-state index contributed by atoms with van der Waals surface area (Å²) in [5.74, 6) is 0.307. The number of nitrogens with zero attached hydrogens (tertiary/aromatic N) is 6. The number of piperidine rings is 1. The van der Waals surface area contributed by atoms with E-state index in [0.29, 0.717) is 11.4 Å². The molecule has 0 spiro atoms. The molecule has 8 heteroatoms. The van der Waals surface area contributed by atoms with E-state index in [-0.39, 0.29) is 11.8 Å². The van der Waals surface area contributed by atoms with E-state index in [2.05, 4.69) is 26.8 Å². The van der Waals surface area contributed by atoms with Gasteiger partial charge in [-0.3, -0.25) is 9.48 Å². The predicted molar refractivity (Wildman–Crippen MR) is 95.7 cm³/mol. The highest BCUT2D eigenvalue weighted by molar-refractivity contribution is 7.08. The third kappa shape index (κ3) is 2.90. The maximum Gasteiger partial charge on any atom is 0.267 e. The molecule has 0 aliphatic carbocycles. The molecule has 1 saturated heterocycles. The van der Waals surface area contributed by atoms with Crippen molar-refractivity contribution in [3.63, 3.8) is 0 Å². The van der Waals surface area contributed by atoms with Gasteiger partial charge in [0.25, 0.3) is 5.91 Å². The Bertz CT molecular complexity index is 917. The molecule has 0 saturated carbocycles. The van der Waals surface area contributed by atoms with Crippen LogP contribution in [0.3, 0.4) is 0 Å². The van der Waals surface area contributed by atoms with Crippen LogP contribution in [0.1, 0.15) is 46.7 Å². The van der Waals surface area contributed by atoms with E-state index in [1.807, 2.05) is 25.1 Å². The van der Waals surface area contributed by atoms with Gasteiger partial charge in [0.15, 0.2) is 5.65 Å². The highest BCUT2D eigenvalue weighted by Crippen LogP contribution is 2.28. The van der Waals surface area contributed by atoms with Gasteiger partial charge in [-0.05, 0) is 42.9 Å². The largest absolute Gasteiger partial charge is 0.337 e. The zero-order valence-electron chi connectivity index (χ0n) is 14.3. The Labute approximate surface area is 149 Å². The van der Waals surface area contributed by atoms with Crippen molar-refractivity contribution in [1.82, 2.24) is 29.3 Å². The van der Waals surface area contributed by atoms with Crippen LogP contribution in [0, 0.1) is 0 Å². The minimum Gasteiger partial charge on any atom is -0.337 e. The van der Waals surface area contributed by atoms with Crippen LogP contribution in [0.25, 0.3) is 11.0 Å². The smallest absolute Gasteiger partial charge is 0.267 e. The molecule has 0 aromatic carbocycles. The molecule has 1 fully saturated rings. The number of rotatable bonds is 3. The summed E-state index contributed by atoms with van der Waals surface area (Å²) in [6, 6.07) is 4.13. The Morgan fingerprint density at radius 3 is 3.12 bits per heavy atom. The van der Waals surface area contributed by atoms with Crippen molar-refractivity contribution in [2.45, 2.75) is 32.1 Å². The molecule has 3 aromatic heterocycles. The van der Waals surface area contributed by atoms with Crippen LogP contribution in [-0.4, -0.2) is 48.2 Å². The van der Waals surface area contributed by atoms with Gasteiger partial charge in [-0.15, -0.1) is 5.10 Å². The first-order valence-corrected chi connectivity index (χ1v) is 9.34. The zero-order valence-corrected chi connectivity index (χ0v) is 15.2. The van der Waals surface area contributed by atoms with Gasteiger partial charge in [0, 0.05) is 37.1 Å². The standard InChI is InChI=1S/C17H20N6OS/c1-3-13-15(25-21-20-13)17(24)23-8-4-5-12(10-23)14-7-6-11-9-18-22(2)16(11)19-14/h6-7,9,12H,3-5,8,10H2,1-2H3. The van der Waals surface area contributed by atoms with Gasteiger partial charge in [0.05, 0.1) is 11.9 Å². The fraction of sp³-hybridized carbons (Fsp3) is 0.471. The van der Waals surface area contributed by atoms with Crippen LogP contribution in [0.4, 0.5) is 0 Å². The fourth-order valence-electron chi connectivity index (χ4n) is 3.41. The first-order valence-electron chi connectivity index (χ1n) is 8.56. The van der Waals surface area contributed by atoms with Gasteiger partial charge in [0.2, 0.25) is 0 Å². The van der Waals surface area contributed by atoms with E-state index >= 15 is 0 Å². The van der Waals surface area contributed by atoms with Crippen LogP contribution >= 0.6 is 11.5 Å². The Kier molecular flexibility index (Phi) is 4.20. The van der Waals surface area contributed by atoms with Crippen molar-refractivity contribution in [2.24, 2.45) is 7.05 Å². The summed E-state index contributed by atoms with van der Waals surface area (Å²) in [7, 11) is 1.90. The van der Waals surface area contributed by atoms with E-state index in [1.54, 1.807) is 4.68 Å². The molecule has 7 nitrogen and oxygen atoms in total. The average molecular weight is 356 g/mol. The van der Waals surface area contributed by atoms with Crippen LogP contribution in [0.15, 0.2) is 18.3 Å². The summed E-state index contributed by atoms with van der Waals surface area (Å²) in [6.07, 6.45) is 4.58. The fourth-order valence-corrected chi connectivity index (χ4v) is 4.13. The van der Waals surface area contributed by atoms with Crippen molar-refractivity contribution in [3.05, 3.63) is 34.6 Å². The summed E-state index contributed by atoms with van der Waals surface area (Å²) in [6.45, 7) is 3.47. The molecule has 1 aliphatic rings. The highest BCUT2D eigenvalue weighted by atomic mass is 32.1. The number of carbonyl (C=O) groups excluding carboxylic acids is 1. The second-order valence-corrected chi connectivity index (χ2v) is 7.16. The lowest BCUT2D eigenvalue weighted by Crippen LogP contribution is -2.39. The highest BCUT2D eigenvalue weighted by Gasteiger charge is 2.29. The molecule has 0 N–H and O–H groups in total. The van der Waals surface area contributed by atoms with E-state index in [1.165, 1.54) is 11.5 Å². The molecule has 1 unspecified atom stereocenters. The van der Waals surface area contributed by atoms with Crippen molar-refractivity contribution in [2.75, 3.05) is 13.1 Å². The molecule has 130 valence electrons. The van der Waals surface area contributed by atoms with Crippen LogP contribution in [-0.2, 0) is 13.5 Å². The molecule has 25 heavy (non-hydrogen) atoms. The Balaban J connectivity index is 1.57. The second kappa shape index (κ2) is 6.51. The number of likely N-dealkylation sites (tertiary alicyclic amines) is 1. The minimum atomic E-state index is 0.0539. The molecular formula is C17H20N6OS. The van der Waals surface area contributed by atoms with E-state index in [0.717, 1.165) is 48.2 Å². The maximum atomic E-state index is 12.9. The molecule has 0 radical (unpaired) electrons. The zero-order chi connectivity index (χ0) is 17.4. The van der Waals surface area contributed by atoms with Gasteiger partial charge in [-0.2, -0.15) is 5.10 Å². The number of aromatic nitrogens is 5. The molecule has 1 amide bonds. The first-order chi connectivity index (χ1) is 12.2. The number of hydrogen-bond donors (Lipinski definition) is 0. The molecule has 1 aliphatic heterocycles. The van der Waals surface area contributed by atoms with Crippen molar-refractivity contribution in [3.8, 4) is 0 Å². The predicted octanol–water partition coefficient (Wildman–Crippen LogP) is 2.40. The lowest BCUT2D eigenvalue weighted by atomic mass is 9.94. The lowest BCUT2D eigenvalue weighted by Gasteiger charge is -2.32. The summed E-state index contributed by atoms with van der Waals surface area (Å²) in [4.78, 5) is 20.3. The minimum absolute atomic E-state index is 0.0539. The Morgan fingerprint density at radius 1 is 1.40 bits per heavy atom. The monoisotopic (exact) mass is 356 g/mol. The molecule has 4 heterocycles. The maximum absolute atomic E-state index is 12.9. The van der Waals surface area contributed by atoms with E-state index in [9.17, 15) is 4.79 Å². The normalized spacial score (nSPS) is 18.0. The quantitative estimate of drug-likeness (QED) is 0.720. The molecule has 3 aromatic rings. The molecule has 0 bridgehead atoms. The summed E-state index contributed by atoms with van der Waals surface area (Å²) in [5.41, 5.74) is 2.72. The topological polar surface area (TPSA) is 76.8 Å².